The smallest absolute Gasteiger partial charge is 0.162 e. The number of benzene rings is 1. The zero-order valence-corrected chi connectivity index (χ0v) is 8.01. The first-order valence-electron chi connectivity index (χ1n) is 4.35. The quantitative estimate of drug-likeness (QED) is 0.700. The van der Waals surface area contributed by atoms with Gasteiger partial charge in [-0.05, 0) is 19.1 Å². The summed E-state index contributed by atoms with van der Waals surface area (Å²) in [5.41, 5.74) is 0.750. The maximum absolute atomic E-state index is 13.0. The van der Waals surface area contributed by atoms with Crippen molar-refractivity contribution >= 4 is 5.78 Å². The number of rotatable bonds is 2. The van der Waals surface area contributed by atoms with Gasteiger partial charge in [0.05, 0.1) is 18.1 Å². The van der Waals surface area contributed by atoms with Gasteiger partial charge in [-0.2, -0.15) is 15.0 Å². The number of nitrogens with zero attached hydrogens (tertiary/aromatic N) is 3. The van der Waals surface area contributed by atoms with Gasteiger partial charge >= 0.3 is 0 Å². The molecule has 0 atom stereocenters. The van der Waals surface area contributed by atoms with Crippen LogP contribution in [0, 0.1) is 5.82 Å². The number of carbonyl (C=O) groups excluding carboxylic acids is 1. The van der Waals surface area contributed by atoms with Crippen LogP contribution in [0.15, 0.2) is 30.6 Å². The third-order valence-electron chi connectivity index (χ3n) is 1.97. The predicted octanol–water partition coefficient (Wildman–Crippen LogP) is 1.61. The maximum Gasteiger partial charge on any atom is 0.162 e. The number of ketones is 1. The molecule has 5 heteroatoms. The van der Waals surface area contributed by atoms with Gasteiger partial charge in [-0.3, -0.25) is 4.79 Å². The Morgan fingerprint density at radius 1 is 1.33 bits per heavy atom. The minimum Gasteiger partial charge on any atom is -0.294 e. The molecule has 0 saturated carbocycles. The molecule has 4 nitrogen and oxygen atoms in total. The van der Waals surface area contributed by atoms with Crippen molar-refractivity contribution in [3.05, 3.63) is 42.0 Å². The normalized spacial score (nSPS) is 10.3. The lowest BCUT2D eigenvalue weighted by Gasteiger charge is -2.05. The van der Waals surface area contributed by atoms with Crippen molar-refractivity contribution in [1.29, 1.82) is 0 Å². The molecule has 76 valence electrons. The summed E-state index contributed by atoms with van der Waals surface area (Å²) in [5, 5.41) is 7.71. The van der Waals surface area contributed by atoms with E-state index in [1.807, 2.05) is 0 Å². The standard InChI is InChI=1S/C10H8FN3O/c1-7(15)9-3-2-8(11)6-10(9)14-12-4-5-13-14/h2-6H,1H3. The van der Waals surface area contributed by atoms with Gasteiger partial charge in [0.25, 0.3) is 0 Å². The van der Waals surface area contributed by atoms with Crippen LogP contribution in [0.1, 0.15) is 17.3 Å². The second-order valence-corrected chi connectivity index (χ2v) is 3.04. The third-order valence-corrected chi connectivity index (χ3v) is 1.97. The molecule has 1 aromatic carbocycles. The minimum absolute atomic E-state index is 0.151. The van der Waals surface area contributed by atoms with Crippen LogP contribution in [0.3, 0.4) is 0 Å². The SMILES string of the molecule is CC(=O)c1ccc(F)cc1-n1nccn1. The van der Waals surface area contributed by atoms with Crippen LogP contribution in [0.2, 0.25) is 0 Å². The number of aromatic nitrogens is 3. The van der Waals surface area contributed by atoms with Crippen molar-refractivity contribution in [1.82, 2.24) is 15.0 Å². The Morgan fingerprint density at radius 2 is 2.00 bits per heavy atom. The maximum atomic E-state index is 13.0. The second kappa shape index (κ2) is 3.61. The third kappa shape index (κ3) is 1.76. The van der Waals surface area contributed by atoms with E-state index in [9.17, 15) is 9.18 Å². The molecule has 0 spiro atoms. The Labute approximate surface area is 85.3 Å². The Hall–Kier alpha value is -2.04. The molecule has 0 aliphatic carbocycles. The molecule has 1 heterocycles. The van der Waals surface area contributed by atoms with Gasteiger partial charge < -0.3 is 0 Å². The topological polar surface area (TPSA) is 47.8 Å². The van der Waals surface area contributed by atoms with E-state index in [1.54, 1.807) is 0 Å². The fourth-order valence-corrected chi connectivity index (χ4v) is 1.31. The molecular formula is C10H8FN3O. The Morgan fingerprint density at radius 3 is 2.60 bits per heavy atom. The number of Topliss-reactive ketones (excluding diaryl/α,β-unsaturated/α-hetero) is 1. The van der Waals surface area contributed by atoms with E-state index >= 15 is 0 Å². The lowest BCUT2D eigenvalue weighted by molar-refractivity contribution is 0.101. The van der Waals surface area contributed by atoms with Gasteiger partial charge in [0.15, 0.2) is 5.78 Å². The van der Waals surface area contributed by atoms with E-state index < -0.39 is 5.82 Å². The number of halogens is 1. The first kappa shape index (κ1) is 9.51. The predicted molar refractivity (Wildman–Crippen MR) is 51.3 cm³/mol. The molecule has 0 N–H and O–H groups in total. The van der Waals surface area contributed by atoms with Crippen molar-refractivity contribution in [2.75, 3.05) is 0 Å². The molecule has 0 saturated heterocycles. The van der Waals surface area contributed by atoms with Crippen LogP contribution in [0.25, 0.3) is 5.69 Å². The molecular weight excluding hydrogens is 197 g/mol. The summed E-state index contributed by atoms with van der Waals surface area (Å²) in [7, 11) is 0. The molecule has 15 heavy (non-hydrogen) atoms. The molecule has 0 bridgehead atoms. The van der Waals surface area contributed by atoms with Crippen molar-refractivity contribution in [3.63, 3.8) is 0 Å². The Balaban J connectivity index is 2.63. The number of carbonyl (C=O) groups is 1. The molecule has 0 unspecified atom stereocenters. The van der Waals surface area contributed by atoms with Crippen molar-refractivity contribution in [3.8, 4) is 5.69 Å². The molecule has 0 aliphatic heterocycles. The summed E-state index contributed by atoms with van der Waals surface area (Å²) in [4.78, 5) is 12.5. The van der Waals surface area contributed by atoms with E-state index in [4.69, 9.17) is 0 Å². The minimum atomic E-state index is -0.424. The highest BCUT2D eigenvalue weighted by atomic mass is 19.1. The van der Waals surface area contributed by atoms with E-state index in [2.05, 4.69) is 10.2 Å². The summed E-state index contributed by atoms with van der Waals surface area (Å²) in [6, 6.07) is 3.90. The van der Waals surface area contributed by atoms with Gasteiger partial charge in [0.2, 0.25) is 0 Å². The zero-order valence-electron chi connectivity index (χ0n) is 8.01. The average Bonchev–Trinajstić information content (AvgIpc) is 2.69. The Bertz CT molecular complexity index is 493. The molecule has 0 radical (unpaired) electrons. The van der Waals surface area contributed by atoms with Crippen LogP contribution in [0.4, 0.5) is 4.39 Å². The fourth-order valence-electron chi connectivity index (χ4n) is 1.31. The van der Waals surface area contributed by atoms with Crippen LogP contribution in [0.5, 0.6) is 0 Å². The van der Waals surface area contributed by atoms with E-state index in [1.165, 1.54) is 42.3 Å². The van der Waals surface area contributed by atoms with Crippen molar-refractivity contribution in [2.24, 2.45) is 0 Å². The molecule has 0 aliphatic rings. The van der Waals surface area contributed by atoms with Gasteiger partial charge in [0, 0.05) is 11.6 Å². The molecule has 0 amide bonds. The van der Waals surface area contributed by atoms with Gasteiger partial charge in [-0.15, -0.1) is 0 Å². The van der Waals surface area contributed by atoms with Crippen LogP contribution in [-0.4, -0.2) is 20.8 Å². The lowest BCUT2D eigenvalue weighted by Crippen LogP contribution is -2.06. The molecule has 1 aromatic heterocycles. The first-order chi connectivity index (χ1) is 7.18. The second-order valence-electron chi connectivity index (χ2n) is 3.04. The largest absolute Gasteiger partial charge is 0.294 e. The highest BCUT2D eigenvalue weighted by Gasteiger charge is 2.10. The fraction of sp³-hybridized carbons (Fsp3) is 0.100. The lowest BCUT2D eigenvalue weighted by atomic mass is 10.1. The molecule has 2 aromatic rings. The van der Waals surface area contributed by atoms with Crippen molar-refractivity contribution < 1.29 is 9.18 Å². The van der Waals surface area contributed by atoms with E-state index in [-0.39, 0.29) is 5.78 Å². The van der Waals surface area contributed by atoms with E-state index in [0.717, 1.165) is 0 Å². The highest BCUT2D eigenvalue weighted by Crippen LogP contribution is 2.14. The van der Waals surface area contributed by atoms with Crippen LogP contribution in [-0.2, 0) is 0 Å². The summed E-state index contributed by atoms with van der Waals surface area (Å²) in [6.07, 6.45) is 2.93. The number of hydrogen-bond acceptors (Lipinski definition) is 3. The van der Waals surface area contributed by atoms with Crippen LogP contribution < -0.4 is 0 Å². The summed E-state index contributed by atoms with van der Waals surface area (Å²) >= 11 is 0. The van der Waals surface area contributed by atoms with Crippen LogP contribution >= 0.6 is 0 Å². The monoisotopic (exact) mass is 205 g/mol. The van der Waals surface area contributed by atoms with Gasteiger partial charge in [0.1, 0.15) is 5.82 Å². The summed E-state index contributed by atoms with van der Waals surface area (Å²) in [6.45, 7) is 1.42. The number of hydrogen-bond donors (Lipinski definition) is 0. The zero-order chi connectivity index (χ0) is 10.8. The van der Waals surface area contributed by atoms with E-state index in [0.29, 0.717) is 11.3 Å². The highest BCUT2D eigenvalue weighted by molar-refractivity contribution is 5.97. The Kier molecular flexibility index (Phi) is 2.29. The van der Waals surface area contributed by atoms with Crippen molar-refractivity contribution in [2.45, 2.75) is 6.92 Å². The molecule has 0 fully saturated rings. The summed E-state index contributed by atoms with van der Waals surface area (Å²) in [5.74, 6) is -0.574. The summed E-state index contributed by atoms with van der Waals surface area (Å²) < 4.78 is 13.0. The molecule has 2 rings (SSSR count). The van der Waals surface area contributed by atoms with Gasteiger partial charge in [-0.25, -0.2) is 4.39 Å². The van der Waals surface area contributed by atoms with Gasteiger partial charge in [-0.1, -0.05) is 0 Å². The average molecular weight is 205 g/mol. The first-order valence-corrected chi connectivity index (χ1v) is 4.35.